The van der Waals surface area contributed by atoms with Gasteiger partial charge in [-0.2, -0.15) is 0 Å². The molecular weight excluding hydrogens is 268 g/mol. The molecule has 0 radical (unpaired) electrons. The molecule has 1 heterocycles. The second kappa shape index (κ2) is 7.41. The van der Waals surface area contributed by atoms with Gasteiger partial charge in [-0.3, -0.25) is 4.98 Å². The Kier molecular flexibility index (Phi) is 5.57. The van der Waals surface area contributed by atoms with Crippen LogP contribution in [0, 0.1) is 6.92 Å². The summed E-state index contributed by atoms with van der Waals surface area (Å²) in [5.74, 6) is 0. The Morgan fingerprint density at radius 1 is 1.30 bits per heavy atom. The Balaban J connectivity index is 1.94. The Labute approximate surface area is 126 Å². The van der Waals surface area contributed by atoms with Crippen LogP contribution in [0.25, 0.3) is 0 Å². The lowest BCUT2D eigenvalue weighted by Crippen LogP contribution is -2.28. The maximum atomic E-state index is 6.17. The molecule has 106 valence electrons. The Hall–Kier alpha value is -1.38. The van der Waals surface area contributed by atoms with Gasteiger partial charge in [0.2, 0.25) is 0 Å². The summed E-state index contributed by atoms with van der Waals surface area (Å²) in [5.41, 5.74) is 3.87. The van der Waals surface area contributed by atoms with E-state index in [2.05, 4.69) is 41.5 Å². The third kappa shape index (κ3) is 4.32. The third-order valence-corrected chi connectivity index (χ3v) is 3.94. The highest BCUT2D eigenvalue weighted by molar-refractivity contribution is 6.31. The Morgan fingerprint density at radius 2 is 2.15 bits per heavy atom. The Morgan fingerprint density at radius 3 is 2.85 bits per heavy atom. The summed E-state index contributed by atoms with van der Waals surface area (Å²) in [6, 6.07) is 11.1. The zero-order valence-electron chi connectivity index (χ0n) is 12.1. The summed E-state index contributed by atoms with van der Waals surface area (Å²) in [7, 11) is 2.01. The molecule has 0 aliphatic heterocycles. The van der Waals surface area contributed by atoms with Crippen molar-refractivity contribution >= 4 is 11.6 Å². The second-order valence-corrected chi connectivity index (χ2v) is 5.59. The van der Waals surface area contributed by atoms with Gasteiger partial charge in [0, 0.05) is 18.4 Å². The summed E-state index contributed by atoms with van der Waals surface area (Å²) in [4.78, 5) is 4.03. The monoisotopic (exact) mass is 288 g/mol. The van der Waals surface area contributed by atoms with Crippen molar-refractivity contribution in [1.82, 2.24) is 10.3 Å². The number of nitrogens with one attached hydrogen (secondary N) is 1. The molecule has 1 aromatic heterocycles. The van der Waals surface area contributed by atoms with Gasteiger partial charge in [0.1, 0.15) is 0 Å². The van der Waals surface area contributed by atoms with Crippen LogP contribution in [-0.2, 0) is 12.8 Å². The van der Waals surface area contributed by atoms with Gasteiger partial charge >= 0.3 is 0 Å². The number of benzene rings is 1. The van der Waals surface area contributed by atoms with Crippen molar-refractivity contribution in [2.45, 2.75) is 32.2 Å². The van der Waals surface area contributed by atoms with E-state index in [4.69, 9.17) is 11.6 Å². The van der Waals surface area contributed by atoms with E-state index in [1.807, 2.05) is 13.1 Å². The van der Waals surface area contributed by atoms with E-state index in [1.54, 1.807) is 12.4 Å². The molecule has 0 fully saturated rings. The lowest BCUT2D eigenvalue weighted by atomic mass is 9.99. The number of hydrogen-bond acceptors (Lipinski definition) is 2. The van der Waals surface area contributed by atoms with E-state index in [0.717, 1.165) is 29.8 Å². The molecule has 2 aromatic rings. The predicted octanol–water partition coefficient (Wildman–Crippen LogP) is 3.81. The van der Waals surface area contributed by atoms with Crippen LogP contribution in [0.15, 0.2) is 42.7 Å². The second-order valence-electron chi connectivity index (χ2n) is 5.18. The molecule has 0 saturated heterocycles. The van der Waals surface area contributed by atoms with Crippen LogP contribution < -0.4 is 5.32 Å². The first kappa shape index (κ1) is 15.0. The average Bonchev–Trinajstić information content (AvgIpc) is 2.45. The van der Waals surface area contributed by atoms with Crippen molar-refractivity contribution < 1.29 is 0 Å². The van der Waals surface area contributed by atoms with Gasteiger partial charge in [-0.15, -0.1) is 0 Å². The highest BCUT2D eigenvalue weighted by atomic mass is 35.5. The molecule has 0 aliphatic carbocycles. The maximum absolute atomic E-state index is 6.17. The van der Waals surface area contributed by atoms with Crippen molar-refractivity contribution in [3.8, 4) is 0 Å². The van der Waals surface area contributed by atoms with Gasteiger partial charge in [-0.25, -0.2) is 0 Å². The fraction of sp³-hybridized carbons (Fsp3) is 0.353. The van der Waals surface area contributed by atoms with E-state index in [0.29, 0.717) is 6.04 Å². The van der Waals surface area contributed by atoms with Crippen molar-refractivity contribution in [3.63, 3.8) is 0 Å². The summed E-state index contributed by atoms with van der Waals surface area (Å²) >= 11 is 6.17. The summed E-state index contributed by atoms with van der Waals surface area (Å²) in [6.07, 6.45) is 6.62. The molecule has 1 atom stereocenters. The lowest BCUT2D eigenvalue weighted by Gasteiger charge is -2.17. The van der Waals surface area contributed by atoms with Crippen molar-refractivity contribution in [2.75, 3.05) is 7.05 Å². The number of rotatable bonds is 6. The van der Waals surface area contributed by atoms with Crippen molar-refractivity contribution in [3.05, 3.63) is 64.4 Å². The molecule has 0 saturated carbocycles. The smallest absolute Gasteiger partial charge is 0.0621 e. The first-order valence-electron chi connectivity index (χ1n) is 7.00. The zero-order chi connectivity index (χ0) is 14.4. The van der Waals surface area contributed by atoms with Crippen LogP contribution >= 0.6 is 11.6 Å². The normalized spacial score (nSPS) is 12.3. The molecular formula is C17H21ClN2. The molecule has 3 heteroatoms. The van der Waals surface area contributed by atoms with E-state index in [9.17, 15) is 0 Å². The fourth-order valence-corrected chi connectivity index (χ4v) is 2.59. The molecule has 0 bridgehead atoms. The summed E-state index contributed by atoms with van der Waals surface area (Å²) in [6.45, 7) is 2.13. The number of hydrogen-bond donors (Lipinski definition) is 1. The number of halogens is 1. The molecule has 1 N–H and O–H groups in total. The topological polar surface area (TPSA) is 24.9 Å². The minimum absolute atomic E-state index is 0.426. The number of aryl methyl sites for hydroxylation is 2. The van der Waals surface area contributed by atoms with Gasteiger partial charge < -0.3 is 5.32 Å². The first-order chi connectivity index (χ1) is 9.69. The van der Waals surface area contributed by atoms with E-state index < -0.39 is 0 Å². The highest BCUT2D eigenvalue weighted by Crippen LogP contribution is 2.17. The number of likely N-dealkylation sites (N-methyl/N-ethyl adjacent to an activating group) is 1. The minimum Gasteiger partial charge on any atom is -0.317 e. The standard InChI is InChI=1S/C17H21ClN2/c1-13-4-3-5-14(10-13)6-7-16(19-2)11-15-8-9-20-12-17(15)18/h3-5,8-10,12,16,19H,6-7,11H2,1-2H3. The average molecular weight is 289 g/mol. The van der Waals surface area contributed by atoms with Gasteiger partial charge in [0.25, 0.3) is 0 Å². The minimum atomic E-state index is 0.426. The quantitative estimate of drug-likeness (QED) is 0.874. The van der Waals surface area contributed by atoms with Crippen LogP contribution in [0.3, 0.4) is 0 Å². The van der Waals surface area contributed by atoms with Gasteiger partial charge in [-0.05, 0) is 50.4 Å². The first-order valence-corrected chi connectivity index (χ1v) is 7.38. The number of pyridine rings is 1. The van der Waals surface area contributed by atoms with E-state index in [1.165, 1.54) is 11.1 Å². The van der Waals surface area contributed by atoms with Gasteiger partial charge in [0.15, 0.2) is 0 Å². The van der Waals surface area contributed by atoms with Gasteiger partial charge in [-0.1, -0.05) is 41.4 Å². The highest BCUT2D eigenvalue weighted by Gasteiger charge is 2.10. The molecule has 2 rings (SSSR count). The van der Waals surface area contributed by atoms with Crippen LogP contribution in [0.2, 0.25) is 5.02 Å². The lowest BCUT2D eigenvalue weighted by molar-refractivity contribution is 0.520. The molecule has 0 spiro atoms. The molecule has 0 amide bonds. The molecule has 20 heavy (non-hydrogen) atoms. The third-order valence-electron chi connectivity index (χ3n) is 3.59. The van der Waals surface area contributed by atoms with Crippen LogP contribution in [0.5, 0.6) is 0 Å². The van der Waals surface area contributed by atoms with Crippen LogP contribution in [0.1, 0.15) is 23.1 Å². The Bertz CT molecular complexity index is 554. The SMILES string of the molecule is CNC(CCc1cccc(C)c1)Cc1ccncc1Cl. The predicted molar refractivity (Wildman–Crippen MR) is 85.3 cm³/mol. The fourth-order valence-electron chi connectivity index (χ4n) is 2.39. The molecule has 1 aromatic carbocycles. The molecule has 1 unspecified atom stereocenters. The largest absolute Gasteiger partial charge is 0.317 e. The number of aromatic nitrogens is 1. The van der Waals surface area contributed by atoms with E-state index >= 15 is 0 Å². The maximum Gasteiger partial charge on any atom is 0.0621 e. The summed E-state index contributed by atoms with van der Waals surface area (Å²) in [5, 5.41) is 4.14. The molecule has 0 aliphatic rings. The van der Waals surface area contributed by atoms with Crippen LogP contribution in [-0.4, -0.2) is 18.1 Å². The zero-order valence-corrected chi connectivity index (χ0v) is 12.8. The van der Waals surface area contributed by atoms with Crippen molar-refractivity contribution in [2.24, 2.45) is 0 Å². The van der Waals surface area contributed by atoms with E-state index in [-0.39, 0.29) is 0 Å². The number of nitrogens with zero attached hydrogens (tertiary/aromatic N) is 1. The van der Waals surface area contributed by atoms with Crippen LogP contribution in [0.4, 0.5) is 0 Å². The molecule has 2 nitrogen and oxygen atoms in total. The van der Waals surface area contributed by atoms with Crippen molar-refractivity contribution in [1.29, 1.82) is 0 Å². The van der Waals surface area contributed by atoms with Gasteiger partial charge in [0.05, 0.1) is 5.02 Å². The summed E-state index contributed by atoms with van der Waals surface area (Å²) < 4.78 is 0.